The lowest BCUT2D eigenvalue weighted by molar-refractivity contribution is 0.327. The van der Waals surface area contributed by atoms with Crippen LogP contribution in [0.25, 0.3) is 0 Å². The molecule has 6 aliphatic rings. The second-order valence-electron chi connectivity index (χ2n) is 20.2. The van der Waals surface area contributed by atoms with E-state index in [9.17, 15) is 0 Å². The topological polar surface area (TPSA) is 0 Å². The Balaban J connectivity index is 1.53. The fourth-order valence-electron chi connectivity index (χ4n) is 10.9. The van der Waals surface area contributed by atoms with Crippen LogP contribution in [-0.2, 0) is 37.9 Å². The number of alkyl halides is 1. The van der Waals surface area contributed by atoms with Crippen LogP contribution in [0.4, 0.5) is 0 Å². The Kier molecular flexibility index (Phi) is 6.16. The largest absolute Gasteiger partial charge is 0.0911 e. The van der Waals surface area contributed by atoms with E-state index in [1.54, 1.807) is 66.8 Å². The molecular weight excluding hydrogens is 620 g/mol. The second kappa shape index (κ2) is 9.02. The van der Waals surface area contributed by atoms with Crippen LogP contribution in [0.15, 0.2) is 36.4 Å². The molecule has 0 nitrogen and oxygen atoms in total. The smallest absolute Gasteiger partial charge is 0.0557 e. The number of hydrogen-bond acceptors (Lipinski definition) is 0. The zero-order valence-corrected chi connectivity index (χ0v) is 32.5. The van der Waals surface area contributed by atoms with Gasteiger partial charge in [0.15, 0.2) is 0 Å². The number of benzene rings is 3. The minimum Gasteiger partial charge on any atom is -0.0911 e. The third-order valence-electron chi connectivity index (χ3n) is 14.6. The van der Waals surface area contributed by atoms with Crippen LogP contribution in [0.1, 0.15) is 194 Å². The summed E-state index contributed by atoms with van der Waals surface area (Å²) in [6, 6.07) is 16.4. The van der Waals surface area contributed by atoms with Crippen molar-refractivity contribution in [1.29, 1.82) is 0 Å². The quantitative estimate of drug-likeness (QED) is 0.225. The van der Waals surface area contributed by atoms with Gasteiger partial charge in [-0.1, -0.05) is 135 Å². The van der Waals surface area contributed by atoms with Crippen LogP contribution in [0.3, 0.4) is 0 Å². The van der Waals surface area contributed by atoms with Crippen LogP contribution in [0.5, 0.6) is 0 Å². The van der Waals surface area contributed by atoms with Gasteiger partial charge in [-0.2, -0.15) is 0 Å². The molecular formula is C45H57Br. The molecule has 0 unspecified atom stereocenters. The van der Waals surface area contributed by atoms with Gasteiger partial charge in [-0.3, -0.25) is 0 Å². The summed E-state index contributed by atoms with van der Waals surface area (Å²) in [4.78, 5) is 0. The Labute approximate surface area is 288 Å². The fourth-order valence-corrected chi connectivity index (χ4v) is 11.8. The van der Waals surface area contributed by atoms with Crippen molar-refractivity contribution in [3.8, 4) is 0 Å². The van der Waals surface area contributed by atoms with Crippen molar-refractivity contribution in [3.63, 3.8) is 0 Å². The molecule has 0 aromatic heterocycles. The molecule has 0 aliphatic heterocycles. The third-order valence-corrected chi connectivity index (χ3v) is 15.4. The molecule has 0 radical (unpaired) electrons. The molecule has 0 spiro atoms. The van der Waals surface area contributed by atoms with Crippen molar-refractivity contribution in [3.05, 3.63) is 103 Å². The van der Waals surface area contributed by atoms with Crippen LogP contribution in [0, 0.1) is 0 Å². The molecule has 0 N–H and O–H groups in total. The van der Waals surface area contributed by atoms with Crippen LogP contribution in [0.2, 0.25) is 0 Å². The summed E-state index contributed by atoms with van der Waals surface area (Å²) >= 11 is 4.30. The van der Waals surface area contributed by atoms with E-state index in [0.29, 0.717) is 0 Å². The van der Waals surface area contributed by atoms with Crippen molar-refractivity contribution >= 4 is 15.9 Å². The Morgan fingerprint density at radius 3 is 0.826 bits per heavy atom. The zero-order chi connectivity index (χ0) is 33.2. The van der Waals surface area contributed by atoms with E-state index in [0.717, 1.165) is 5.33 Å². The number of fused-ring (bicyclic) bond motifs is 3. The fraction of sp³-hybridized carbons (Fsp3) is 0.600. The summed E-state index contributed by atoms with van der Waals surface area (Å²) in [6.07, 6.45) is 7.49. The highest BCUT2D eigenvalue weighted by atomic mass is 79.9. The predicted octanol–water partition coefficient (Wildman–Crippen LogP) is 12.3. The van der Waals surface area contributed by atoms with E-state index >= 15 is 0 Å². The van der Waals surface area contributed by atoms with Gasteiger partial charge in [0, 0.05) is 11.2 Å². The molecule has 0 atom stereocenters. The van der Waals surface area contributed by atoms with E-state index < -0.39 is 0 Å². The third kappa shape index (κ3) is 3.85. The molecule has 1 heteroatoms. The summed E-state index contributed by atoms with van der Waals surface area (Å²) < 4.78 is 0. The van der Waals surface area contributed by atoms with Crippen LogP contribution < -0.4 is 0 Å². The highest BCUT2D eigenvalue weighted by molar-refractivity contribution is 9.09. The van der Waals surface area contributed by atoms with Gasteiger partial charge in [0.1, 0.15) is 0 Å². The first-order valence-corrected chi connectivity index (χ1v) is 19.4. The molecule has 2 bridgehead atoms. The van der Waals surface area contributed by atoms with Gasteiger partial charge >= 0.3 is 0 Å². The Morgan fingerprint density at radius 1 is 0.391 bits per heavy atom. The molecule has 0 heterocycles. The lowest BCUT2D eigenvalue weighted by Gasteiger charge is -2.55. The Hall–Kier alpha value is -1.86. The van der Waals surface area contributed by atoms with Gasteiger partial charge in [-0.15, -0.1) is 0 Å². The monoisotopic (exact) mass is 676 g/mol. The first-order valence-electron chi connectivity index (χ1n) is 18.3. The highest BCUT2D eigenvalue weighted by Crippen LogP contribution is 2.64. The van der Waals surface area contributed by atoms with Crippen molar-refractivity contribution in [2.45, 2.75) is 165 Å². The zero-order valence-electron chi connectivity index (χ0n) is 30.9. The van der Waals surface area contributed by atoms with Crippen molar-refractivity contribution < 1.29 is 0 Å². The maximum Gasteiger partial charge on any atom is 0.0557 e. The maximum atomic E-state index is 4.30. The molecule has 0 amide bonds. The first-order chi connectivity index (χ1) is 21.2. The van der Waals surface area contributed by atoms with Crippen LogP contribution >= 0.6 is 15.9 Å². The molecule has 3 aromatic carbocycles. The lowest BCUT2D eigenvalue weighted by Crippen LogP contribution is -2.47. The molecule has 46 heavy (non-hydrogen) atoms. The summed E-state index contributed by atoms with van der Waals surface area (Å²) in [6.45, 7) is 30.0. The van der Waals surface area contributed by atoms with Crippen molar-refractivity contribution in [2.24, 2.45) is 0 Å². The van der Waals surface area contributed by atoms with Crippen LogP contribution in [-0.4, -0.2) is 5.33 Å². The van der Waals surface area contributed by atoms with Gasteiger partial charge in [0.25, 0.3) is 0 Å². The molecule has 3 aromatic rings. The van der Waals surface area contributed by atoms with Crippen molar-refractivity contribution in [1.82, 2.24) is 0 Å². The molecule has 0 saturated heterocycles. The molecule has 244 valence electrons. The van der Waals surface area contributed by atoms with E-state index in [4.69, 9.17) is 0 Å². The van der Waals surface area contributed by atoms with Crippen molar-refractivity contribution in [2.75, 3.05) is 5.33 Å². The van der Waals surface area contributed by atoms with Gasteiger partial charge in [-0.05, 0) is 138 Å². The first kappa shape index (κ1) is 31.4. The highest BCUT2D eigenvalue weighted by Gasteiger charge is 2.55. The summed E-state index contributed by atoms with van der Waals surface area (Å²) in [5, 5.41) is 0.910. The molecule has 0 saturated carbocycles. The SMILES string of the molecule is CC1(C)CCC(C)(C)c2cc3c(cc21)C1c2cc4c(cc2C3(CBr)c2cc3c(cc21)C(C)(C)CCC3(C)C)C(C)(C)CCC4(C)C. The summed E-state index contributed by atoms with van der Waals surface area (Å²) in [7, 11) is 0. The molecule has 9 rings (SSSR count). The van der Waals surface area contributed by atoms with Gasteiger partial charge in [-0.25, -0.2) is 0 Å². The lowest BCUT2D eigenvalue weighted by atomic mass is 9.49. The standard InChI is InChI=1S/C45H57Br/c1-39(2)13-16-42(7,8)35-22-29-26(19-32(35)39)38-27-20-33-36(43(9,10)17-14-40(33,3)4)23-30(27)45(29,25-46)31-24-37-34(21-28(31)38)41(5,6)15-18-44(37,11)12/h19-24,38H,13-18,25H2,1-12H3. The van der Waals surface area contributed by atoms with E-state index in [1.807, 2.05) is 0 Å². The second-order valence-corrected chi connectivity index (χ2v) is 20.8. The summed E-state index contributed by atoms with van der Waals surface area (Å²) in [5.41, 5.74) is 20.0. The van der Waals surface area contributed by atoms with Gasteiger partial charge < -0.3 is 0 Å². The maximum absolute atomic E-state index is 4.30. The Bertz CT molecular complexity index is 1630. The molecule has 6 aliphatic carbocycles. The average molecular weight is 678 g/mol. The Morgan fingerprint density at radius 2 is 0.609 bits per heavy atom. The van der Waals surface area contributed by atoms with E-state index in [2.05, 4.69) is 135 Å². The van der Waals surface area contributed by atoms with Gasteiger partial charge in [0.2, 0.25) is 0 Å². The van der Waals surface area contributed by atoms with Gasteiger partial charge in [0.05, 0.1) is 5.41 Å². The number of halogens is 1. The molecule has 0 fully saturated rings. The predicted molar refractivity (Wildman–Crippen MR) is 200 cm³/mol. The minimum absolute atomic E-state index is 0.180. The number of rotatable bonds is 1. The average Bonchev–Trinajstić information content (AvgIpc) is 2.98. The summed E-state index contributed by atoms with van der Waals surface area (Å²) in [5.74, 6) is 0.282. The normalized spacial score (nSPS) is 29.0. The number of hydrogen-bond donors (Lipinski definition) is 0. The van der Waals surface area contributed by atoms with E-state index in [1.165, 1.54) is 38.5 Å². The van der Waals surface area contributed by atoms with E-state index in [-0.39, 0.29) is 43.8 Å². The minimum atomic E-state index is -0.207.